The molecule has 150 valence electrons. The van der Waals surface area contributed by atoms with Crippen molar-refractivity contribution in [2.75, 3.05) is 19.5 Å². The van der Waals surface area contributed by atoms with Gasteiger partial charge in [-0.1, -0.05) is 23.7 Å². The number of amides is 1. The molecule has 0 bridgehead atoms. The van der Waals surface area contributed by atoms with Crippen LogP contribution in [0.4, 0.5) is 5.69 Å². The van der Waals surface area contributed by atoms with Gasteiger partial charge in [-0.25, -0.2) is 0 Å². The molecule has 0 atom stereocenters. The summed E-state index contributed by atoms with van der Waals surface area (Å²) in [6.45, 7) is 0. The Morgan fingerprint density at radius 3 is 2.07 bits per heavy atom. The first-order valence-corrected chi connectivity index (χ1v) is 9.49. The third kappa shape index (κ3) is 5.90. The van der Waals surface area contributed by atoms with Gasteiger partial charge < -0.3 is 19.5 Å². The molecule has 0 aliphatic heterocycles. The van der Waals surface area contributed by atoms with Gasteiger partial charge in [-0.2, -0.15) is 0 Å². The fourth-order valence-electron chi connectivity index (χ4n) is 2.72. The van der Waals surface area contributed by atoms with Crippen molar-refractivity contribution in [1.29, 1.82) is 0 Å². The lowest BCUT2D eigenvalue weighted by Crippen LogP contribution is -2.13. The van der Waals surface area contributed by atoms with E-state index in [1.165, 1.54) is 0 Å². The normalized spacial score (nSPS) is 10.3. The summed E-state index contributed by atoms with van der Waals surface area (Å²) in [6, 6.07) is 20.0. The molecule has 29 heavy (non-hydrogen) atoms. The molecule has 1 N–H and O–H groups in total. The molecule has 0 saturated heterocycles. The van der Waals surface area contributed by atoms with E-state index in [9.17, 15) is 4.79 Å². The van der Waals surface area contributed by atoms with Crippen LogP contribution in [0, 0.1) is 0 Å². The second-order valence-electron chi connectivity index (χ2n) is 6.31. The number of nitrogens with one attached hydrogen (secondary N) is 1. The molecule has 0 fully saturated rings. The van der Waals surface area contributed by atoms with Gasteiger partial charge in [0.05, 0.1) is 19.9 Å². The van der Waals surface area contributed by atoms with Crippen LogP contribution in [0.1, 0.15) is 12.0 Å². The summed E-state index contributed by atoms with van der Waals surface area (Å²) in [5.41, 5.74) is 1.58. The quantitative estimate of drug-likeness (QED) is 0.515. The van der Waals surface area contributed by atoms with Crippen LogP contribution in [0.5, 0.6) is 23.0 Å². The number of methoxy groups -OCH3 is 2. The van der Waals surface area contributed by atoms with Crippen molar-refractivity contribution in [2.45, 2.75) is 12.8 Å². The molecular formula is C23H22ClNO4. The van der Waals surface area contributed by atoms with Crippen molar-refractivity contribution < 1.29 is 19.0 Å². The molecule has 0 aromatic heterocycles. The van der Waals surface area contributed by atoms with Gasteiger partial charge in [0, 0.05) is 11.4 Å². The van der Waals surface area contributed by atoms with Gasteiger partial charge in [0.2, 0.25) is 5.91 Å². The van der Waals surface area contributed by atoms with Crippen molar-refractivity contribution in [2.24, 2.45) is 0 Å². The topological polar surface area (TPSA) is 56.8 Å². The number of hydrogen-bond donors (Lipinski definition) is 1. The Balaban J connectivity index is 1.65. The van der Waals surface area contributed by atoms with Crippen LogP contribution in [0.3, 0.4) is 0 Å². The van der Waals surface area contributed by atoms with Gasteiger partial charge in [0.15, 0.2) is 5.75 Å². The van der Waals surface area contributed by atoms with Crippen LogP contribution in [0.15, 0.2) is 66.7 Å². The van der Waals surface area contributed by atoms with Crippen LogP contribution >= 0.6 is 11.6 Å². The summed E-state index contributed by atoms with van der Waals surface area (Å²) in [5.74, 6) is 2.54. The highest BCUT2D eigenvalue weighted by molar-refractivity contribution is 6.31. The van der Waals surface area contributed by atoms with Crippen LogP contribution in [-0.4, -0.2) is 20.1 Å². The standard InChI is InChI=1S/C23H22ClNO4/c1-27-18-7-3-16(4-8-18)5-14-23(26)25-21-15-17(24)6-13-22(21)29-20-11-9-19(28-2)10-12-20/h3-4,6-13,15H,5,14H2,1-2H3,(H,25,26). The number of aryl methyl sites for hydroxylation is 1. The summed E-state index contributed by atoms with van der Waals surface area (Å²) >= 11 is 6.11. The Bertz CT molecular complexity index is 956. The number of halogens is 1. The average Bonchev–Trinajstić information content (AvgIpc) is 2.75. The van der Waals surface area contributed by atoms with Gasteiger partial charge in [-0.15, -0.1) is 0 Å². The second kappa shape index (κ2) is 9.85. The van der Waals surface area contributed by atoms with E-state index in [0.717, 1.165) is 17.1 Å². The maximum absolute atomic E-state index is 12.5. The smallest absolute Gasteiger partial charge is 0.224 e. The maximum atomic E-state index is 12.5. The SMILES string of the molecule is COc1ccc(CCC(=O)Nc2cc(Cl)ccc2Oc2ccc(OC)cc2)cc1. The molecule has 0 spiro atoms. The number of hydrogen-bond acceptors (Lipinski definition) is 4. The van der Waals surface area contributed by atoms with Gasteiger partial charge in [-0.3, -0.25) is 4.79 Å². The highest BCUT2D eigenvalue weighted by atomic mass is 35.5. The molecule has 0 heterocycles. The van der Waals surface area contributed by atoms with Crippen LogP contribution in [0.25, 0.3) is 0 Å². The van der Waals surface area contributed by atoms with Crippen LogP contribution < -0.4 is 19.5 Å². The van der Waals surface area contributed by atoms with Crippen molar-refractivity contribution in [3.8, 4) is 23.0 Å². The van der Waals surface area contributed by atoms with E-state index in [2.05, 4.69) is 5.32 Å². The zero-order chi connectivity index (χ0) is 20.6. The van der Waals surface area contributed by atoms with E-state index in [4.69, 9.17) is 25.8 Å². The summed E-state index contributed by atoms with van der Waals surface area (Å²) in [5, 5.41) is 3.40. The van der Waals surface area contributed by atoms with E-state index < -0.39 is 0 Å². The van der Waals surface area contributed by atoms with Gasteiger partial charge in [0.1, 0.15) is 17.2 Å². The van der Waals surface area contributed by atoms with E-state index >= 15 is 0 Å². The van der Waals surface area contributed by atoms with Crippen molar-refractivity contribution in [3.63, 3.8) is 0 Å². The van der Waals surface area contributed by atoms with Crippen LogP contribution in [-0.2, 0) is 11.2 Å². The van der Waals surface area contributed by atoms with Gasteiger partial charge in [-0.05, 0) is 66.6 Å². The number of anilines is 1. The molecular weight excluding hydrogens is 390 g/mol. The average molecular weight is 412 g/mol. The number of rotatable bonds is 8. The summed E-state index contributed by atoms with van der Waals surface area (Å²) in [6.07, 6.45) is 0.950. The van der Waals surface area contributed by atoms with Crippen molar-refractivity contribution >= 4 is 23.2 Å². The predicted molar refractivity (Wildman–Crippen MR) is 114 cm³/mol. The highest BCUT2D eigenvalue weighted by Crippen LogP contribution is 2.33. The number of ether oxygens (including phenoxy) is 3. The molecule has 3 aromatic carbocycles. The van der Waals surface area contributed by atoms with E-state index in [0.29, 0.717) is 35.1 Å². The molecule has 0 aliphatic carbocycles. The van der Waals surface area contributed by atoms with Gasteiger partial charge >= 0.3 is 0 Å². The highest BCUT2D eigenvalue weighted by Gasteiger charge is 2.11. The van der Waals surface area contributed by atoms with Gasteiger partial charge in [0.25, 0.3) is 0 Å². The third-order valence-corrected chi connectivity index (χ3v) is 4.54. The lowest BCUT2D eigenvalue weighted by molar-refractivity contribution is -0.116. The van der Waals surface area contributed by atoms with E-state index in [1.54, 1.807) is 56.7 Å². The third-order valence-electron chi connectivity index (χ3n) is 4.30. The lowest BCUT2D eigenvalue weighted by atomic mass is 10.1. The Morgan fingerprint density at radius 2 is 1.45 bits per heavy atom. The minimum Gasteiger partial charge on any atom is -0.497 e. The minimum absolute atomic E-state index is 0.123. The zero-order valence-electron chi connectivity index (χ0n) is 16.3. The van der Waals surface area contributed by atoms with E-state index in [1.807, 2.05) is 24.3 Å². The summed E-state index contributed by atoms with van der Waals surface area (Å²) in [4.78, 5) is 12.5. The molecule has 1 amide bonds. The molecule has 6 heteroatoms. The van der Waals surface area contributed by atoms with Crippen molar-refractivity contribution in [3.05, 3.63) is 77.3 Å². The molecule has 0 aliphatic rings. The minimum atomic E-state index is -0.123. The first-order chi connectivity index (χ1) is 14.1. The number of carbonyl (C=O) groups excluding carboxylic acids is 1. The largest absolute Gasteiger partial charge is 0.497 e. The van der Waals surface area contributed by atoms with Crippen LogP contribution in [0.2, 0.25) is 5.02 Å². The van der Waals surface area contributed by atoms with Crippen molar-refractivity contribution in [1.82, 2.24) is 0 Å². The molecule has 0 saturated carbocycles. The zero-order valence-corrected chi connectivity index (χ0v) is 17.0. The number of benzene rings is 3. The Hall–Kier alpha value is -3.18. The molecule has 3 rings (SSSR count). The first-order valence-electron chi connectivity index (χ1n) is 9.11. The lowest BCUT2D eigenvalue weighted by Gasteiger charge is -2.13. The number of carbonyl (C=O) groups is 1. The first kappa shape index (κ1) is 20.6. The monoisotopic (exact) mass is 411 g/mol. The fourth-order valence-corrected chi connectivity index (χ4v) is 2.89. The molecule has 0 radical (unpaired) electrons. The Morgan fingerprint density at radius 1 is 0.862 bits per heavy atom. The molecule has 5 nitrogen and oxygen atoms in total. The van der Waals surface area contributed by atoms with E-state index in [-0.39, 0.29) is 5.91 Å². The Kier molecular flexibility index (Phi) is 6.98. The molecule has 3 aromatic rings. The summed E-state index contributed by atoms with van der Waals surface area (Å²) < 4.78 is 16.2. The molecule has 0 unspecified atom stereocenters. The summed E-state index contributed by atoms with van der Waals surface area (Å²) in [7, 11) is 3.23. The fraction of sp³-hybridized carbons (Fsp3) is 0.174. The maximum Gasteiger partial charge on any atom is 0.224 e. The second-order valence-corrected chi connectivity index (χ2v) is 6.75. The predicted octanol–water partition coefficient (Wildman–Crippen LogP) is 5.72. The Labute approximate surface area is 175 Å².